The molecule has 3 heteroatoms. The molecule has 0 radical (unpaired) electrons. The molecule has 0 aliphatic heterocycles. The average molecular weight is 575 g/mol. The Balaban J connectivity index is 1.14. The molecule has 2 aromatic heterocycles. The van der Waals surface area contributed by atoms with Crippen molar-refractivity contribution in [1.82, 2.24) is 9.97 Å². The van der Waals surface area contributed by atoms with E-state index >= 15 is 0 Å². The Hall–Kier alpha value is -6.06. The van der Waals surface area contributed by atoms with Crippen LogP contribution >= 0.6 is 0 Å². The third-order valence-electron chi connectivity index (χ3n) is 8.68. The first-order valence-corrected chi connectivity index (χ1v) is 15.2. The van der Waals surface area contributed by atoms with Gasteiger partial charge in [-0.1, -0.05) is 133 Å². The van der Waals surface area contributed by atoms with E-state index in [0.717, 1.165) is 71.8 Å². The van der Waals surface area contributed by atoms with E-state index in [1.807, 2.05) is 42.5 Å². The van der Waals surface area contributed by atoms with Gasteiger partial charge in [0.1, 0.15) is 11.2 Å². The first kappa shape index (κ1) is 25.4. The van der Waals surface area contributed by atoms with Crippen LogP contribution in [-0.2, 0) is 0 Å². The molecule has 0 amide bonds. The molecule has 210 valence electrons. The van der Waals surface area contributed by atoms with Crippen LogP contribution in [0.4, 0.5) is 0 Å². The molecule has 0 N–H and O–H groups in total. The molecule has 9 rings (SSSR count). The second-order valence-electron chi connectivity index (χ2n) is 11.4. The van der Waals surface area contributed by atoms with Crippen LogP contribution in [0, 0.1) is 0 Å². The second kappa shape index (κ2) is 10.3. The fraction of sp³-hybridized carbons (Fsp3) is 0. The van der Waals surface area contributed by atoms with Crippen molar-refractivity contribution >= 4 is 43.7 Å². The van der Waals surface area contributed by atoms with Crippen LogP contribution in [0.25, 0.3) is 88.5 Å². The quantitative estimate of drug-likeness (QED) is 0.196. The van der Waals surface area contributed by atoms with Gasteiger partial charge in [-0.15, -0.1) is 0 Å². The van der Waals surface area contributed by atoms with Gasteiger partial charge in [-0.25, -0.2) is 9.97 Å². The summed E-state index contributed by atoms with van der Waals surface area (Å²) in [5.74, 6) is 0. The van der Waals surface area contributed by atoms with E-state index in [9.17, 15) is 0 Å². The molecule has 0 aliphatic carbocycles. The molecule has 7 aromatic carbocycles. The summed E-state index contributed by atoms with van der Waals surface area (Å²) < 4.78 is 6.13. The SMILES string of the molecule is c1ccc(-c2nc3ccc4cc(-c5ccc(-c6cccc7oc8ccccc8c67)cc5)ccc4c3nc2-c2ccccc2)cc1. The Labute approximate surface area is 260 Å². The van der Waals surface area contributed by atoms with Crippen LogP contribution < -0.4 is 0 Å². The molecule has 0 spiro atoms. The van der Waals surface area contributed by atoms with Gasteiger partial charge in [0.15, 0.2) is 0 Å². The smallest absolute Gasteiger partial charge is 0.136 e. The number of benzene rings is 7. The van der Waals surface area contributed by atoms with E-state index in [4.69, 9.17) is 14.4 Å². The largest absolute Gasteiger partial charge is 0.456 e. The van der Waals surface area contributed by atoms with Gasteiger partial charge in [0.2, 0.25) is 0 Å². The Morgan fingerprint density at radius 3 is 1.82 bits per heavy atom. The number of hydrogen-bond acceptors (Lipinski definition) is 3. The third-order valence-corrected chi connectivity index (χ3v) is 8.68. The maximum absolute atomic E-state index is 6.13. The van der Waals surface area contributed by atoms with E-state index in [0.29, 0.717) is 0 Å². The highest BCUT2D eigenvalue weighted by Crippen LogP contribution is 2.38. The molecule has 3 nitrogen and oxygen atoms in total. The summed E-state index contributed by atoms with van der Waals surface area (Å²) in [5.41, 5.74) is 12.2. The van der Waals surface area contributed by atoms with Crippen LogP contribution in [0.15, 0.2) is 162 Å². The van der Waals surface area contributed by atoms with Gasteiger partial charge in [-0.2, -0.15) is 0 Å². The fourth-order valence-corrected chi connectivity index (χ4v) is 6.48. The minimum absolute atomic E-state index is 0.888. The molecular weight excluding hydrogens is 548 g/mol. The van der Waals surface area contributed by atoms with E-state index < -0.39 is 0 Å². The van der Waals surface area contributed by atoms with Crippen molar-refractivity contribution in [3.8, 4) is 44.8 Å². The van der Waals surface area contributed by atoms with E-state index in [-0.39, 0.29) is 0 Å². The van der Waals surface area contributed by atoms with Crippen molar-refractivity contribution in [2.45, 2.75) is 0 Å². The molecule has 0 saturated heterocycles. The van der Waals surface area contributed by atoms with Crippen molar-refractivity contribution in [2.75, 3.05) is 0 Å². The molecule has 0 atom stereocenters. The van der Waals surface area contributed by atoms with Crippen molar-refractivity contribution in [3.63, 3.8) is 0 Å². The van der Waals surface area contributed by atoms with Gasteiger partial charge in [0, 0.05) is 27.3 Å². The van der Waals surface area contributed by atoms with Gasteiger partial charge in [-0.3, -0.25) is 0 Å². The summed E-state index contributed by atoms with van der Waals surface area (Å²) in [6, 6.07) is 54.9. The summed E-state index contributed by atoms with van der Waals surface area (Å²) in [6.07, 6.45) is 0. The number of hydrogen-bond donors (Lipinski definition) is 0. The molecule has 0 fully saturated rings. The first-order chi connectivity index (χ1) is 22.3. The lowest BCUT2D eigenvalue weighted by Crippen LogP contribution is -1.96. The van der Waals surface area contributed by atoms with Crippen LogP contribution in [0.1, 0.15) is 0 Å². The van der Waals surface area contributed by atoms with Crippen LogP contribution in [0.2, 0.25) is 0 Å². The fourth-order valence-electron chi connectivity index (χ4n) is 6.48. The molecule has 2 heterocycles. The second-order valence-corrected chi connectivity index (χ2v) is 11.4. The lowest BCUT2D eigenvalue weighted by atomic mass is 9.96. The molecule has 9 aromatic rings. The number of para-hydroxylation sites is 1. The van der Waals surface area contributed by atoms with Crippen LogP contribution in [0.5, 0.6) is 0 Å². The molecular formula is C42H26N2O. The summed E-state index contributed by atoms with van der Waals surface area (Å²) in [5, 5.41) is 4.53. The summed E-state index contributed by atoms with van der Waals surface area (Å²) >= 11 is 0. The van der Waals surface area contributed by atoms with E-state index in [1.165, 1.54) is 16.7 Å². The van der Waals surface area contributed by atoms with Crippen molar-refractivity contribution < 1.29 is 4.42 Å². The zero-order valence-corrected chi connectivity index (χ0v) is 24.3. The highest BCUT2D eigenvalue weighted by atomic mass is 16.3. The summed E-state index contributed by atoms with van der Waals surface area (Å²) in [7, 11) is 0. The zero-order chi connectivity index (χ0) is 29.7. The van der Waals surface area contributed by atoms with E-state index in [2.05, 4.69) is 115 Å². The number of rotatable bonds is 4. The van der Waals surface area contributed by atoms with Crippen molar-refractivity contribution in [3.05, 3.63) is 158 Å². The predicted octanol–water partition coefficient (Wildman–Crippen LogP) is 11.4. The van der Waals surface area contributed by atoms with Gasteiger partial charge in [-0.05, 0) is 51.9 Å². The molecule has 0 saturated carbocycles. The molecule has 0 bridgehead atoms. The van der Waals surface area contributed by atoms with E-state index in [1.54, 1.807) is 0 Å². The maximum atomic E-state index is 6.13. The normalized spacial score (nSPS) is 11.6. The minimum Gasteiger partial charge on any atom is -0.456 e. The van der Waals surface area contributed by atoms with Gasteiger partial charge >= 0.3 is 0 Å². The van der Waals surface area contributed by atoms with Gasteiger partial charge < -0.3 is 4.42 Å². The molecule has 45 heavy (non-hydrogen) atoms. The van der Waals surface area contributed by atoms with Crippen molar-refractivity contribution in [2.24, 2.45) is 0 Å². The lowest BCUT2D eigenvalue weighted by Gasteiger charge is -2.13. The molecule has 0 unspecified atom stereocenters. The highest BCUT2D eigenvalue weighted by molar-refractivity contribution is 6.12. The Morgan fingerprint density at radius 2 is 1.04 bits per heavy atom. The Kier molecular flexibility index (Phi) is 5.82. The average Bonchev–Trinajstić information content (AvgIpc) is 3.51. The summed E-state index contributed by atoms with van der Waals surface area (Å²) in [6.45, 7) is 0. The minimum atomic E-state index is 0.888. The Bertz CT molecular complexity index is 2510. The highest BCUT2D eigenvalue weighted by Gasteiger charge is 2.16. The number of furan rings is 1. The van der Waals surface area contributed by atoms with Gasteiger partial charge in [0.25, 0.3) is 0 Å². The lowest BCUT2D eigenvalue weighted by molar-refractivity contribution is 0.669. The monoisotopic (exact) mass is 574 g/mol. The van der Waals surface area contributed by atoms with Crippen LogP contribution in [0.3, 0.4) is 0 Å². The van der Waals surface area contributed by atoms with Gasteiger partial charge in [0.05, 0.1) is 22.4 Å². The topological polar surface area (TPSA) is 38.9 Å². The number of fused-ring (bicyclic) bond motifs is 6. The van der Waals surface area contributed by atoms with Crippen molar-refractivity contribution in [1.29, 1.82) is 0 Å². The van der Waals surface area contributed by atoms with Crippen LogP contribution in [-0.4, -0.2) is 9.97 Å². The first-order valence-electron chi connectivity index (χ1n) is 15.2. The number of aromatic nitrogens is 2. The zero-order valence-electron chi connectivity index (χ0n) is 24.3. The predicted molar refractivity (Wildman–Crippen MR) is 186 cm³/mol. The summed E-state index contributed by atoms with van der Waals surface area (Å²) in [4.78, 5) is 10.4. The third kappa shape index (κ3) is 4.29. The maximum Gasteiger partial charge on any atom is 0.136 e. The number of nitrogens with zero attached hydrogens (tertiary/aromatic N) is 2. The standard InChI is InChI=1S/C42H26N2O/c1-3-10-29(11-4-1)40-41(30-12-5-2-6-13-30)44-42-34-24-22-31(26-32(34)23-25-36(42)43-40)27-18-20-28(21-19-27)33-15-9-17-38-39(33)35-14-7-8-16-37(35)45-38/h1-26H. The molecule has 0 aliphatic rings. The Morgan fingerprint density at radius 1 is 0.400 bits per heavy atom.